The molecule has 6 rings (SSSR count). The summed E-state index contributed by atoms with van der Waals surface area (Å²) in [5.74, 6) is 3.43. The summed E-state index contributed by atoms with van der Waals surface area (Å²) in [6.07, 6.45) is 7.02. The van der Waals surface area contributed by atoms with E-state index >= 15 is 0 Å². The number of carbonyl (C=O) groups excluding carboxylic acids is 1. The zero-order valence-corrected chi connectivity index (χ0v) is 19.0. The first-order chi connectivity index (χ1) is 14.9. The Morgan fingerprint density at radius 3 is 2.42 bits per heavy atom. The van der Waals surface area contributed by atoms with Crippen LogP contribution >= 0.6 is 0 Å². The lowest BCUT2D eigenvalue weighted by molar-refractivity contribution is -0.125. The number of ether oxygens (including phenoxy) is 1. The molecule has 4 bridgehead atoms. The lowest BCUT2D eigenvalue weighted by Gasteiger charge is -2.54. The smallest absolute Gasteiger partial charge is 0.282 e. The molecule has 1 aliphatic heterocycles. The van der Waals surface area contributed by atoms with Gasteiger partial charge in [0.15, 0.2) is 0 Å². The Kier molecular flexibility index (Phi) is 5.73. The summed E-state index contributed by atoms with van der Waals surface area (Å²) >= 11 is 0. The number of methoxy groups -OCH3 is 1. The molecule has 31 heavy (non-hydrogen) atoms. The topological polar surface area (TPSA) is 79.0 Å². The normalized spacial score (nSPS) is 34.5. The summed E-state index contributed by atoms with van der Waals surface area (Å²) in [6.45, 7) is 1.06. The quantitative estimate of drug-likeness (QED) is 0.726. The zero-order chi connectivity index (χ0) is 21.6. The van der Waals surface area contributed by atoms with Crippen molar-refractivity contribution in [2.75, 3.05) is 26.7 Å². The van der Waals surface area contributed by atoms with Gasteiger partial charge in [-0.2, -0.15) is 17.0 Å². The Morgan fingerprint density at radius 2 is 1.74 bits per heavy atom. The van der Waals surface area contributed by atoms with Gasteiger partial charge in [-0.3, -0.25) is 4.79 Å². The van der Waals surface area contributed by atoms with Crippen LogP contribution in [-0.4, -0.2) is 55.7 Å². The second-order valence-electron chi connectivity index (χ2n) is 9.90. The molecule has 1 amide bonds. The Morgan fingerprint density at radius 1 is 1.06 bits per heavy atom. The summed E-state index contributed by atoms with van der Waals surface area (Å²) in [4.78, 5) is 12.9. The van der Waals surface area contributed by atoms with Gasteiger partial charge in [-0.25, -0.2) is 0 Å². The summed E-state index contributed by atoms with van der Waals surface area (Å²) in [5.41, 5.74) is 0.878. The van der Waals surface area contributed by atoms with Crippen LogP contribution in [0.4, 0.5) is 0 Å². The third-order valence-electron chi connectivity index (χ3n) is 7.84. The van der Waals surface area contributed by atoms with Crippen molar-refractivity contribution in [2.24, 2.45) is 23.7 Å². The Bertz CT molecular complexity index is 907. The molecule has 1 N–H and O–H groups in total. The molecule has 8 heteroatoms. The molecule has 1 saturated heterocycles. The minimum atomic E-state index is -3.67. The average Bonchev–Trinajstić information content (AvgIpc) is 2.73. The van der Waals surface area contributed by atoms with Crippen molar-refractivity contribution in [3.05, 3.63) is 29.8 Å². The Balaban J connectivity index is 1.22. The van der Waals surface area contributed by atoms with Gasteiger partial charge in [-0.15, -0.1) is 0 Å². The third-order valence-corrected chi connectivity index (χ3v) is 9.76. The molecule has 4 aliphatic carbocycles. The van der Waals surface area contributed by atoms with Crippen LogP contribution in [0.15, 0.2) is 24.3 Å². The highest BCUT2D eigenvalue weighted by atomic mass is 32.2. The van der Waals surface area contributed by atoms with E-state index in [4.69, 9.17) is 4.74 Å². The van der Waals surface area contributed by atoms with Gasteiger partial charge in [-0.1, -0.05) is 12.1 Å². The SMILES string of the molecule is COc1cccc(CN2CCCN(CC(=O)NC3C4CC5CC(C4)CC3C5)S2(=O)=O)c1. The van der Waals surface area contributed by atoms with Crippen LogP contribution in [0.1, 0.15) is 44.1 Å². The van der Waals surface area contributed by atoms with Crippen molar-refractivity contribution in [3.63, 3.8) is 0 Å². The monoisotopic (exact) mass is 447 g/mol. The van der Waals surface area contributed by atoms with Gasteiger partial charge in [0, 0.05) is 25.7 Å². The molecule has 1 aromatic carbocycles. The highest BCUT2D eigenvalue weighted by Gasteiger charge is 2.48. The molecule has 7 nitrogen and oxygen atoms in total. The van der Waals surface area contributed by atoms with Gasteiger partial charge >= 0.3 is 0 Å². The number of amides is 1. The van der Waals surface area contributed by atoms with Crippen LogP contribution in [0.25, 0.3) is 0 Å². The van der Waals surface area contributed by atoms with Crippen LogP contribution < -0.4 is 10.1 Å². The molecule has 0 aromatic heterocycles. The van der Waals surface area contributed by atoms with Gasteiger partial charge in [-0.05, 0) is 79.9 Å². The van der Waals surface area contributed by atoms with Gasteiger partial charge in [0.2, 0.25) is 5.91 Å². The lowest BCUT2D eigenvalue weighted by Crippen LogP contribution is -2.58. The third kappa shape index (κ3) is 4.22. The van der Waals surface area contributed by atoms with Gasteiger partial charge in [0.1, 0.15) is 5.75 Å². The van der Waals surface area contributed by atoms with Gasteiger partial charge in [0.25, 0.3) is 10.2 Å². The molecule has 170 valence electrons. The van der Waals surface area contributed by atoms with Crippen LogP contribution in [0.5, 0.6) is 5.75 Å². The predicted molar refractivity (Wildman–Crippen MR) is 117 cm³/mol. The maximum Gasteiger partial charge on any atom is 0.282 e. The van der Waals surface area contributed by atoms with E-state index in [2.05, 4.69) is 5.32 Å². The first kappa shape index (κ1) is 21.2. The second-order valence-corrected chi connectivity index (χ2v) is 11.8. The molecule has 0 atom stereocenters. The summed E-state index contributed by atoms with van der Waals surface area (Å²) < 4.78 is 34.4. The van der Waals surface area contributed by atoms with E-state index in [-0.39, 0.29) is 25.0 Å². The minimum absolute atomic E-state index is 0.0836. The fourth-order valence-electron chi connectivity index (χ4n) is 6.67. The van der Waals surface area contributed by atoms with E-state index < -0.39 is 10.2 Å². The number of rotatable bonds is 6. The van der Waals surface area contributed by atoms with Crippen molar-refractivity contribution in [3.8, 4) is 5.75 Å². The number of hydrogen-bond donors (Lipinski definition) is 1. The standard InChI is InChI=1S/C23H33N3O4S/c1-30-21-5-2-4-16(13-21)14-25-6-3-7-26(31(25,28)29)15-22(27)24-23-19-9-17-8-18(11-19)12-20(23)10-17/h2,4-5,13,17-20,23H,3,6-12,14-15H2,1H3,(H,24,27). The van der Waals surface area contributed by atoms with E-state index in [1.807, 2.05) is 24.3 Å². The molecule has 5 fully saturated rings. The number of benzene rings is 1. The Labute approximate surface area is 185 Å². The minimum Gasteiger partial charge on any atom is -0.497 e. The predicted octanol–water partition coefficient (Wildman–Crippen LogP) is 2.39. The van der Waals surface area contributed by atoms with E-state index in [1.54, 1.807) is 7.11 Å². The van der Waals surface area contributed by atoms with Crippen molar-refractivity contribution in [2.45, 2.75) is 51.1 Å². The van der Waals surface area contributed by atoms with E-state index in [9.17, 15) is 13.2 Å². The van der Waals surface area contributed by atoms with E-state index in [0.29, 0.717) is 37.1 Å². The highest BCUT2D eigenvalue weighted by molar-refractivity contribution is 7.86. The Hall–Kier alpha value is -1.64. The first-order valence-corrected chi connectivity index (χ1v) is 13.0. The molecule has 0 radical (unpaired) electrons. The molecule has 4 saturated carbocycles. The molecule has 5 aliphatic rings. The van der Waals surface area contributed by atoms with Gasteiger partial charge < -0.3 is 10.1 Å². The van der Waals surface area contributed by atoms with Crippen LogP contribution in [0.3, 0.4) is 0 Å². The van der Waals surface area contributed by atoms with E-state index in [1.165, 1.54) is 40.7 Å². The summed E-state index contributed by atoms with van der Waals surface area (Å²) in [6, 6.07) is 7.69. The van der Waals surface area contributed by atoms with Crippen LogP contribution in [0.2, 0.25) is 0 Å². The van der Waals surface area contributed by atoms with Crippen molar-refractivity contribution >= 4 is 16.1 Å². The largest absolute Gasteiger partial charge is 0.497 e. The number of carbonyl (C=O) groups is 1. The number of nitrogens with zero attached hydrogens (tertiary/aromatic N) is 2. The second kappa shape index (κ2) is 8.37. The molecular weight excluding hydrogens is 414 g/mol. The van der Waals surface area contributed by atoms with Crippen molar-refractivity contribution in [1.82, 2.24) is 13.9 Å². The zero-order valence-electron chi connectivity index (χ0n) is 18.2. The van der Waals surface area contributed by atoms with E-state index in [0.717, 1.165) is 17.4 Å². The van der Waals surface area contributed by atoms with Gasteiger partial charge in [0.05, 0.1) is 13.7 Å². The van der Waals surface area contributed by atoms with Crippen LogP contribution in [0, 0.1) is 23.7 Å². The first-order valence-electron chi connectivity index (χ1n) is 11.6. The summed E-state index contributed by atoms with van der Waals surface area (Å²) in [7, 11) is -2.08. The highest BCUT2D eigenvalue weighted by Crippen LogP contribution is 2.53. The molecule has 1 aromatic rings. The maximum atomic E-state index is 13.2. The van der Waals surface area contributed by atoms with Crippen LogP contribution in [-0.2, 0) is 21.5 Å². The fourth-order valence-corrected chi connectivity index (χ4v) is 8.30. The lowest BCUT2D eigenvalue weighted by atomic mass is 9.54. The molecule has 0 spiro atoms. The molecular formula is C23H33N3O4S. The molecule has 1 heterocycles. The molecule has 0 unspecified atom stereocenters. The number of nitrogens with one attached hydrogen (secondary N) is 1. The van der Waals surface area contributed by atoms with Crippen molar-refractivity contribution < 1.29 is 17.9 Å². The fraction of sp³-hybridized carbons (Fsp3) is 0.696. The van der Waals surface area contributed by atoms with Crippen molar-refractivity contribution in [1.29, 1.82) is 0 Å². The summed E-state index contributed by atoms with van der Waals surface area (Å²) in [5, 5.41) is 3.25. The number of hydrogen-bond acceptors (Lipinski definition) is 4. The maximum absolute atomic E-state index is 13.2. The average molecular weight is 448 g/mol.